The van der Waals surface area contributed by atoms with Gasteiger partial charge in [-0.25, -0.2) is 14.8 Å². The van der Waals surface area contributed by atoms with Crippen LogP contribution in [0.2, 0.25) is 0 Å². The van der Waals surface area contributed by atoms with Crippen LogP contribution in [0.1, 0.15) is 87.8 Å². The molecule has 15 nitrogen and oxygen atoms in total. The number of ether oxygens (including phenoxy) is 3. The van der Waals surface area contributed by atoms with E-state index in [9.17, 15) is 14.4 Å². The Bertz CT molecular complexity index is 2080. The Morgan fingerprint density at radius 1 is 1.00 bits per heavy atom. The fraction of sp³-hybridized carbons (Fsp3) is 0.462. The molecule has 0 unspecified atom stereocenters. The van der Waals surface area contributed by atoms with E-state index in [1.165, 1.54) is 0 Å². The van der Waals surface area contributed by atoms with Crippen LogP contribution in [0, 0.1) is 0 Å². The second kappa shape index (κ2) is 14.5. The van der Waals surface area contributed by atoms with Gasteiger partial charge >= 0.3 is 6.03 Å². The molecule has 4 aromatic rings. The maximum atomic E-state index is 13.7. The Morgan fingerprint density at radius 2 is 1.74 bits per heavy atom. The van der Waals surface area contributed by atoms with E-state index in [1.54, 1.807) is 62.9 Å². The summed E-state index contributed by atoms with van der Waals surface area (Å²) in [5.74, 6) is 0.702. The summed E-state index contributed by atoms with van der Waals surface area (Å²) in [4.78, 5) is 51.2. The van der Waals surface area contributed by atoms with Gasteiger partial charge in [0.1, 0.15) is 28.8 Å². The summed E-state index contributed by atoms with van der Waals surface area (Å²) >= 11 is 0. The first-order valence-corrected chi connectivity index (χ1v) is 17.9. The van der Waals surface area contributed by atoms with Crippen LogP contribution in [-0.2, 0) is 30.8 Å². The molecule has 6 rings (SSSR count). The van der Waals surface area contributed by atoms with Gasteiger partial charge in [-0.2, -0.15) is 0 Å². The van der Waals surface area contributed by atoms with E-state index >= 15 is 0 Å². The smallest absolute Gasteiger partial charge is 0.321 e. The van der Waals surface area contributed by atoms with Crippen LogP contribution in [0.3, 0.4) is 0 Å². The average Bonchev–Trinajstić information content (AvgIpc) is 3.55. The summed E-state index contributed by atoms with van der Waals surface area (Å²) in [5.41, 5.74) is -0.605. The van der Waals surface area contributed by atoms with Crippen molar-refractivity contribution in [3.8, 4) is 5.75 Å². The number of aldehydes is 1. The molecule has 54 heavy (non-hydrogen) atoms. The van der Waals surface area contributed by atoms with Gasteiger partial charge in [0.2, 0.25) is 5.82 Å². The van der Waals surface area contributed by atoms with Crippen LogP contribution in [-0.4, -0.2) is 93.2 Å². The molecule has 0 saturated carbocycles. The molecule has 0 bridgehead atoms. The summed E-state index contributed by atoms with van der Waals surface area (Å²) in [5, 5.41) is 17.1. The standard InChI is InChI=1S/C39H49N9O6/c1-36(2,3)29-18-30(42-32(41-29)33(50)40-22-37(4,5)47-19-25(20-47)52-8)43-35(51)44-39(23-49)17-16-28(26-12-10-11-13-27(26)39)54-24-14-15-31-45-46-34(48(31)21-24)38(6,7)53-9/h10-18,21,23,25,28H,19-20,22H2,1-9H3,(H,40,50)(H2,41,42,43,44,51)/t28-,39-/m1/s1. The van der Waals surface area contributed by atoms with Crippen LogP contribution in [0.15, 0.2) is 60.8 Å². The van der Waals surface area contributed by atoms with Crippen molar-refractivity contribution >= 4 is 29.7 Å². The van der Waals surface area contributed by atoms with E-state index in [0.717, 1.165) is 13.1 Å². The number of nitrogens with zero attached hydrogens (tertiary/aromatic N) is 6. The lowest BCUT2D eigenvalue weighted by atomic mass is 9.81. The van der Waals surface area contributed by atoms with Crippen molar-refractivity contribution in [3.63, 3.8) is 0 Å². The first-order valence-electron chi connectivity index (χ1n) is 17.9. The summed E-state index contributed by atoms with van der Waals surface area (Å²) in [6.07, 6.45) is 5.40. The Labute approximate surface area is 314 Å². The largest absolute Gasteiger partial charge is 0.480 e. The van der Waals surface area contributed by atoms with Gasteiger partial charge in [0.15, 0.2) is 17.8 Å². The number of urea groups is 1. The minimum atomic E-state index is -1.53. The highest BCUT2D eigenvalue weighted by Crippen LogP contribution is 2.37. The zero-order chi connectivity index (χ0) is 39.1. The lowest BCUT2D eigenvalue weighted by molar-refractivity contribution is -0.111. The molecule has 1 saturated heterocycles. The predicted molar refractivity (Wildman–Crippen MR) is 201 cm³/mol. The fourth-order valence-corrected chi connectivity index (χ4v) is 6.39. The quantitative estimate of drug-likeness (QED) is 0.138. The maximum absolute atomic E-state index is 13.7. The Balaban J connectivity index is 1.20. The number of aromatic nitrogens is 5. The fourth-order valence-electron chi connectivity index (χ4n) is 6.39. The number of methoxy groups -OCH3 is 2. The van der Waals surface area contributed by atoms with Crippen molar-refractivity contribution < 1.29 is 28.6 Å². The molecule has 1 aliphatic carbocycles. The summed E-state index contributed by atoms with van der Waals surface area (Å²) < 4.78 is 19.3. The number of pyridine rings is 1. The number of rotatable bonds is 12. The van der Waals surface area contributed by atoms with Gasteiger partial charge in [-0.05, 0) is 57.5 Å². The molecule has 1 aromatic carbocycles. The minimum Gasteiger partial charge on any atom is -0.480 e. The number of hydrogen-bond donors (Lipinski definition) is 3. The van der Waals surface area contributed by atoms with Crippen LogP contribution < -0.4 is 20.7 Å². The molecule has 2 aliphatic rings. The van der Waals surface area contributed by atoms with Gasteiger partial charge in [-0.1, -0.05) is 45.0 Å². The number of anilines is 1. The molecule has 0 radical (unpaired) electrons. The van der Waals surface area contributed by atoms with E-state index in [4.69, 9.17) is 14.2 Å². The summed E-state index contributed by atoms with van der Waals surface area (Å²) in [6, 6.07) is 11.8. The van der Waals surface area contributed by atoms with Gasteiger partial charge in [0.05, 0.1) is 18.0 Å². The maximum Gasteiger partial charge on any atom is 0.321 e. The number of likely N-dealkylation sites (tertiary alicyclic amines) is 1. The molecule has 1 aliphatic heterocycles. The molecular weight excluding hydrogens is 690 g/mol. The zero-order valence-corrected chi connectivity index (χ0v) is 32.3. The van der Waals surface area contributed by atoms with Gasteiger partial charge < -0.3 is 24.8 Å². The summed E-state index contributed by atoms with van der Waals surface area (Å²) in [7, 11) is 3.31. The van der Waals surface area contributed by atoms with Gasteiger partial charge in [-0.3, -0.25) is 24.2 Å². The lowest BCUT2D eigenvalue weighted by Crippen LogP contribution is -2.63. The molecule has 3 N–H and O–H groups in total. The highest BCUT2D eigenvalue weighted by Gasteiger charge is 2.40. The molecule has 4 heterocycles. The molecule has 2 atom stereocenters. The Morgan fingerprint density at radius 3 is 2.43 bits per heavy atom. The normalized spacial score (nSPS) is 19.2. The van der Waals surface area contributed by atoms with Crippen molar-refractivity contribution in [2.75, 3.05) is 39.2 Å². The van der Waals surface area contributed by atoms with Crippen LogP contribution >= 0.6 is 0 Å². The van der Waals surface area contributed by atoms with Crippen molar-refractivity contribution in [3.05, 3.63) is 89.3 Å². The molecular formula is C39H49N9O6. The molecule has 286 valence electrons. The van der Waals surface area contributed by atoms with Gasteiger partial charge in [-0.15, -0.1) is 10.2 Å². The number of amides is 3. The van der Waals surface area contributed by atoms with Crippen LogP contribution in [0.5, 0.6) is 5.75 Å². The number of carbonyl (C=O) groups excluding carboxylic acids is 3. The van der Waals surface area contributed by atoms with E-state index in [0.29, 0.717) is 46.9 Å². The van der Waals surface area contributed by atoms with Crippen molar-refractivity contribution in [1.82, 2.24) is 40.1 Å². The number of nitrogens with one attached hydrogen (secondary N) is 3. The molecule has 0 spiro atoms. The first-order chi connectivity index (χ1) is 25.5. The van der Waals surface area contributed by atoms with Crippen molar-refractivity contribution in [2.45, 2.75) is 82.8 Å². The number of carbonyl (C=O) groups is 3. The van der Waals surface area contributed by atoms with E-state index < -0.39 is 34.6 Å². The van der Waals surface area contributed by atoms with E-state index in [-0.39, 0.29) is 23.3 Å². The van der Waals surface area contributed by atoms with Gasteiger partial charge in [0.25, 0.3) is 5.91 Å². The molecule has 1 fully saturated rings. The minimum absolute atomic E-state index is 0.0810. The molecule has 15 heteroatoms. The number of fused-ring (bicyclic) bond motifs is 2. The second-order valence-corrected chi connectivity index (χ2v) is 15.9. The third-order valence-electron chi connectivity index (χ3n) is 10.1. The monoisotopic (exact) mass is 739 g/mol. The van der Waals surface area contributed by atoms with Gasteiger partial charge in [0, 0.05) is 56.4 Å². The Hall–Kier alpha value is -5.25. The lowest BCUT2D eigenvalue weighted by Gasteiger charge is -2.48. The third-order valence-corrected chi connectivity index (χ3v) is 10.1. The zero-order valence-electron chi connectivity index (χ0n) is 32.3. The first kappa shape index (κ1) is 38.5. The number of hydrogen-bond acceptors (Lipinski definition) is 11. The van der Waals surface area contributed by atoms with Crippen LogP contribution in [0.25, 0.3) is 5.65 Å². The van der Waals surface area contributed by atoms with E-state index in [2.05, 4.69) is 54.9 Å². The molecule has 3 amide bonds. The van der Waals surface area contributed by atoms with Crippen LogP contribution in [0.4, 0.5) is 10.6 Å². The SMILES string of the molecule is COC1CN(C(C)(C)CNC(=O)c2nc(NC(=O)N[C@@]3(C=O)C=C[C@@H](Oc4ccc5nnc(C(C)(C)OC)n5c4)c4ccccc43)cc(C(C)(C)C)n2)C1. The molecule has 3 aromatic heterocycles. The Kier molecular flexibility index (Phi) is 10.4. The van der Waals surface area contributed by atoms with E-state index in [1.807, 2.05) is 51.2 Å². The summed E-state index contributed by atoms with van der Waals surface area (Å²) in [6.45, 7) is 15.7. The topological polar surface area (TPSA) is 174 Å². The third kappa shape index (κ3) is 7.70. The number of benzene rings is 1. The highest BCUT2D eigenvalue weighted by molar-refractivity contribution is 5.94. The van der Waals surface area contributed by atoms with Crippen molar-refractivity contribution in [1.29, 1.82) is 0 Å². The predicted octanol–water partition coefficient (Wildman–Crippen LogP) is 4.44. The van der Waals surface area contributed by atoms with Crippen molar-refractivity contribution in [2.24, 2.45) is 0 Å². The average molecular weight is 740 g/mol. The highest BCUT2D eigenvalue weighted by atomic mass is 16.5. The second-order valence-electron chi connectivity index (χ2n) is 15.9.